The van der Waals surface area contributed by atoms with Crippen molar-refractivity contribution in [3.05, 3.63) is 35.8 Å². The SMILES string of the molecule is CCn1c(CNC2CC2)cc2cc(F)ccc21. The summed E-state index contributed by atoms with van der Waals surface area (Å²) in [5.41, 5.74) is 2.38. The molecule has 3 heteroatoms. The quantitative estimate of drug-likeness (QED) is 0.857. The fraction of sp³-hybridized carbons (Fsp3) is 0.429. The predicted octanol–water partition coefficient (Wildman–Crippen LogP) is 3.05. The van der Waals surface area contributed by atoms with Crippen molar-refractivity contribution in [3.63, 3.8) is 0 Å². The number of hydrogen-bond donors (Lipinski definition) is 1. The molecule has 0 bridgehead atoms. The summed E-state index contributed by atoms with van der Waals surface area (Å²) >= 11 is 0. The highest BCUT2D eigenvalue weighted by molar-refractivity contribution is 5.81. The number of fused-ring (bicyclic) bond motifs is 1. The van der Waals surface area contributed by atoms with Crippen molar-refractivity contribution >= 4 is 10.9 Å². The Balaban J connectivity index is 1.97. The van der Waals surface area contributed by atoms with Crippen molar-refractivity contribution in [2.75, 3.05) is 0 Å². The smallest absolute Gasteiger partial charge is 0.123 e. The number of aromatic nitrogens is 1. The van der Waals surface area contributed by atoms with Gasteiger partial charge < -0.3 is 9.88 Å². The second-order valence-corrected chi connectivity index (χ2v) is 4.74. The van der Waals surface area contributed by atoms with Crippen molar-refractivity contribution in [2.45, 2.75) is 38.9 Å². The Hall–Kier alpha value is -1.35. The summed E-state index contributed by atoms with van der Waals surface area (Å²) in [5.74, 6) is -0.160. The van der Waals surface area contributed by atoms with Crippen LogP contribution in [0.4, 0.5) is 4.39 Å². The van der Waals surface area contributed by atoms with Crippen LogP contribution in [0.25, 0.3) is 10.9 Å². The lowest BCUT2D eigenvalue weighted by molar-refractivity contribution is 0.628. The molecule has 0 saturated heterocycles. The van der Waals surface area contributed by atoms with Crippen molar-refractivity contribution in [1.29, 1.82) is 0 Å². The van der Waals surface area contributed by atoms with Gasteiger partial charge in [-0.05, 0) is 44.0 Å². The van der Waals surface area contributed by atoms with E-state index < -0.39 is 0 Å². The molecular weight excluding hydrogens is 215 g/mol. The molecule has 2 nitrogen and oxygen atoms in total. The van der Waals surface area contributed by atoms with Crippen LogP contribution in [0.5, 0.6) is 0 Å². The minimum Gasteiger partial charge on any atom is -0.344 e. The monoisotopic (exact) mass is 232 g/mol. The molecule has 1 aromatic carbocycles. The molecule has 1 aliphatic carbocycles. The zero-order valence-electron chi connectivity index (χ0n) is 10.0. The largest absolute Gasteiger partial charge is 0.344 e. The minimum absolute atomic E-state index is 0.160. The average molecular weight is 232 g/mol. The summed E-state index contributed by atoms with van der Waals surface area (Å²) in [7, 11) is 0. The highest BCUT2D eigenvalue weighted by Gasteiger charge is 2.20. The molecule has 2 aromatic rings. The predicted molar refractivity (Wildman–Crippen MR) is 67.4 cm³/mol. The van der Waals surface area contributed by atoms with E-state index in [4.69, 9.17) is 0 Å². The molecule has 1 saturated carbocycles. The summed E-state index contributed by atoms with van der Waals surface area (Å²) in [6, 6.07) is 7.82. The fourth-order valence-electron chi connectivity index (χ4n) is 2.36. The molecule has 0 unspecified atom stereocenters. The van der Waals surface area contributed by atoms with Gasteiger partial charge in [0, 0.05) is 35.7 Å². The van der Waals surface area contributed by atoms with Crippen LogP contribution in [0.1, 0.15) is 25.5 Å². The molecule has 0 atom stereocenters. The van der Waals surface area contributed by atoms with Crippen LogP contribution in [0.15, 0.2) is 24.3 Å². The van der Waals surface area contributed by atoms with Gasteiger partial charge in [0.05, 0.1) is 0 Å². The number of benzene rings is 1. The highest BCUT2D eigenvalue weighted by atomic mass is 19.1. The molecule has 1 heterocycles. The first kappa shape index (κ1) is 10.8. The lowest BCUT2D eigenvalue weighted by atomic mass is 10.2. The fourth-order valence-corrected chi connectivity index (χ4v) is 2.36. The number of nitrogens with zero attached hydrogens (tertiary/aromatic N) is 1. The summed E-state index contributed by atoms with van der Waals surface area (Å²) < 4.78 is 15.4. The molecule has 1 N–H and O–H groups in total. The molecule has 17 heavy (non-hydrogen) atoms. The van der Waals surface area contributed by atoms with Gasteiger partial charge in [-0.1, -0.05) is 0 Å². The van der Waals surface area contributed by atoms with E-state index in [2.05, 4.69) is 22.9 Å². The van der Waals surface area contributed by atoms with Crippen LogP contribution in [0.2, 0.25) is 0 Å². The number of rotatable bonds is 4. The van der Waals surface area contributed by atoms with Crippen molar-refractivity contribution in [3.8, 4) is 0 Å². The van der Waals surface area contributed by atoms with Gasteiger partial charge in [0.25, 0.3) is 0 Å². The van der Waals surface area contributed by atoms with Crippen molar-refractivity contribution < 1.29 is 4.39 Å². The third-order valence-corrected chi connectivity index (χ3v) is 3.41. The van der Waals surface area contributed by atoms with E-state index in [0.717, 1.165) is 24.0 Å². The van der Waals surface area contributed by atoms with Crippen LogP contribution < -0.4 is 5.32 Å². The van der Waals surface area contributed by atoms with Crippen LogP contribution in [0, 0.1) is 5.82 Å². The van der Waals surface area contributed by atoms with Crippen LogP contribution in [-0.4, -0.2) is 10.6 Å². The average Bonchev–Trinajstić information content (AvgIpc) is 3.07. The van der Waals surface area contributed by atoms with Gasteiger partial charge in [-0.25, -0.2) is 4.39 Å². The molecule has 3 rings (SSSR count). The zero-order valence-corrected chi connectivity index (χ0v) is 10.0. The minimum atomic E-state index is -0.160. The Bertz CT molecular complexity index is 540. The molecule has 0 spiro atoms. The Morgan fingerprint density at radius 2 is 2.18 bits per heavy atom. The summed E-state index contributed by atoms with van der Waals surface area (Å²) in [6.45, 7) is 3.94. The van der Waals surface area contributed by atoms with Gasteiger partial charge in [0.1, 0.15) is 5.82 Å². The van der Waals surface area contributed by atoms with E-state index in [0.29, 0.717) is 6.04 Å². The lowest BCUT2D eigenvalue weighted by Gasteiger charge is -2.08. The first-order chi connectivity index (χ1) is 8.28. The zero-order chi connectivity index (χ0) is 11.8. The van der Waals surface area contributed by atoms with Crippen molar-refractivity contribution in [1.82, 2.24) is 9.88 Å². The molecule has 0 aliphatic heterocycles. The topological polar surface area (TPSA) is 17.0 Å². The molecule has 90 valence electrons. The highest BCUT2D eigenvalue weighted by Crippen LogP contribution is 2.23. The van der Waals surface area contributed by atoms with E-state index >= 15 is 0 Å². The molecular formula is C14H17FN2. The number of hydrogen-bond acceptors (Lipinski definition) is 1. The molecule has 1 aromatic heterocycles. The Morgan fingerprint density at radius 1 is 1.35 bits per heavy atom. The van der Waals surface area contributed by atoms with E-state index in [1.165, 1.54) is 24.6 Å². The molecule has 1 fully saturated rings. The first-order valence-corrected chi connectivity index (χ1v) is 6.29. The van der Waals surface area contributed by atoms with Crippen LogP contribution >= 0.6 is 0 Å². The normalized spacial score (nSPS) is 15.6. The van der Waals surface area contributed by atoms with Crippen LogP contribution in [0.3, 0.4) is 0 Å². The van der Waals surface area contributed by atoms with Gasteiger partial charge in [-0.15, -0.1) is 0 Å². The summed E-state index contributed by atoms with van der Waals surface area (Å²) in [4.78, 5) is 0. The first-order valence-electron chi connectivity index (χ1n) is 6.29. The maximum absolute atomic E-state index is 13.2. The van der Waals surface area contributed by atoms with E-state index in [1.54, 1.807) is 6.07 Å². The lowest BCUT2D eigenvalue weighted by Crippen LogP contribution is -2.17. The third kappa shape index (κ3) is 2.07. The second kappa shape index (κ2) is 4.15. The van der Waals surface area contributed by atoms with E-state index in [9.17, 15) is 4.39 Å². The standard InChI is InChI=1S/C14H17FN2/c1-2-17-13(9-16-12-4-5-12)8-10-7-11(15)3-6-14(10)17/h3,6-8,12,16H,2,4-5,9H2,1H3. The molecule has 0 amide bonds. The van der Waals surface area contributed by atoms with Crippen molar-refractivity contribution in [2.24, 2.45) is 0 Å². The van der Waals surface area contributed by atoms with Gasteiger partial charge in [-0.2, -0.15) is 0 Å². The van der Waals surface area contributed by atoms with Gasteiger partial charge >= 0.3 is 0 Å². The van der Waals surface area contributed by atoms with Crippen LogP contribution in [-0.2, 0) is 13.1 Å². The van der Waals surface area contributed by atoms with Gasteiger partial charge in [-0.3, -0.25) is 0 Å². The summed E-state index contributed by atoms with van der Waals surface area (Å²) in [6.07, 6.45) is 2.59. The summed E-state index contributed by atoms with van der Waals surface area (Å²) in [5, 5.41) is 4.51. The third-order valence-electron chi connectivity index (χ3n) is 3.41. The maximum Gasteiger partial charge on any atom is 0.123 e. The van der Waals surface area contributed by atoms with E-state index in [1.807, 2.05) is 6.07 Å². The molecule has 1 aliphatic rings. The maximum atomic E-state index is 13.2. The van der Waals surface area contributed by atoms with Gasteiger partial charge in [0.15, 0.2) is 0 Å². The Labute approximate surface area is 100 Å². The number of halogens is 1. The molecule has 0 radical (unpaired) electrons. The van der Waals surface area contributed by atoms with E-state index in [-0.39, 0.29) is 5.82 Å². The Kier molecular flexibility index (Phi) is 2.63. The Morgan fingerprint density at radius 3 is 2.88 bits per heavy atom. The number of aryl methyl sites for hydroxylation is 1. The van der Waals surface area contributed by atoms with Gasteiger partial charge in [0.2, 0.25) is 0 Å². The number of nitrogens with one attached hydrogen (secondary N) is 1. The second-order valence-electron chi connectivity index (χ2n) is 4.74.